The number of phenols is 2. The monoisotopic (exact) mass is 955 g/mol. The van der Waals surface area contributed by atoms with Crippen LogP contribution in [0.15, 0.2) is 115 Å². The van der Waals surface area contributed by atoms with E-state index >= 15 is 0 Å². The molecule has 4 aliphatic rings. The van der Waals surface area contributed by atoms with E-state index in [0.717, 1.165) is 44.7 Å². The van der Waals surface area contributed by atoms with Crippen LogP contribution >= 0.6 is 0 Å². The van der Waals surface area contributed by atoms with Crippen LogP contribution < -0.4 is 15.7 Å². The number of anilines is 1. The van der Waals surface area contributed by atoms with Crippen molar-refractivity contribution in [3.05, 3.63) is 137 Å². The zero-order valence-electron chi connectivity index (χ0n) is 41.8. The van der Waals surface area contributed by atoms with Crippen LogP contribution in [0.3, 0.4) is 0 Å². The summed E-state index contributed by atoms with van der Waals surface area (Å²) in [5.41, 5.74) is 10.6. The summed E-state index contributed by atoms with van der Waals surface area (Å²) in [7, 11) is 2.15. The number of carbonyl (C=O) groups is 3. The van der Waals surface area contributed by atoms with Crippen molar-refractivity contribution in [3.8, 4) is 11.5 Å². The lowest BCUT2D eigenvalue weighted by Gasteiger charge is -2.27. The smallest absolute Gasteiger partial charge is 0.342 e. The number of piperidine rings is 1. The maximum atomic E-state index is 13.3. The van der Waals surface area contributed by atoms with Crippen molar-refractivity contribution in [1.82, 2.24) is 15.7 Å². The standard InChI is InChI=1S/C57H71N5O8/c1-40-20-16-22-44(23-17-21-42(59-69-39-53(66)61-32-13-7-14-33-61)36-41-37-43(63)38-49(64)54(41)55(67)70-40)68-35-19-31-58-52(65)30-12-15-34-62-48-27-11-9-25-46(48)57(4,5)51(62)29-18-28-50-56(2,3)45-24-8-10-26-47(45)60(50)6/h8-11,16-18,21-22,24-29,36-38,40,44H,7,12-15,19-20,23,30-35,39H2,1-6H3,(H3-,58,59,63,64,65,67)/p+1/t40-,44-/m1/s1. The van der Waals surface area contributed by atoms with Crippen LogP contribution in [0.25, 0.3) is 6.08 Å². The fourth-order valence-electron chi connectivity index (χ4n) is 10.0. The van der Waals surface area contributed by atoms with Crippen molar-refractivity contribution in [3.63, 3.8) is 0 Å². The molecule has 1 fully saturated rings. The minimum atomic E-state index is -0.754. The number of aromatic hydroxyl groups is 2. The number of hydrogen-bond donors (Lipinski definition) is 4. The molecule has 4 heterocycles. The van der Waals surface area contributed by atoms with E-state index in [2.05, 4.69) is 122 Å². The molecule has 2 amide bonds. The Morgan fingerprint density at radius 2 is 1.69 bits per heavy atom. The van der Waals surface area contributed by atoms with Gasteiger partial charge in [-0.1, -0.05) is 74.5 Å². The molecule has 7 rings (SSSR count). The van der Waals surface area contributed by atoms with Gasteiger partial charge in [0.15, 0.2) is 12.3 Å². The number of likely N-dealkylation sites (tertiary alicyclic amines) is 1. The Morgan fingerprint density at radius 1 is 0.929 bits per heavy atom. The number of hydrogen-bond acceptors (Lipinski definition) is 10. The number of esters is 1. The molecular weight excluding hydrogens is 883 g/mol. The van der Waals surface area contributed by atoms with Crippen molar-refractivity contribution in [2.45, 2.75) is 115 Å². The molecule has 0 bridgehead atoms. The predicted octanol–water partition coefficient (Wildman–Crippen LogP) is 9.43. The molecule has 4 aliphatic heterocycles. The summed E-state index contributed by atoms with van der Waals surface area (Å²) in [5.74, 6) is -1.54. The van der Waals surface area contributed by atoms with Gasteiger partial charge in [0, 0.05) is 86.2 Å². The molecule has 0 radical (unpaired) electrons. The number of allylic oxidation sites excluding steroid dienone is 5. The number of carbonyl (C=O) groups excluding carboxylic acids is 3. The number of phenolic OH excluding ortho intramolecular Hbond substituents is 2. The van der Waals surface area contributed by atoms with Gasteiger partial charge in [-0.05, 0) is 107 Å². The summed E-state index contributed by atoms with van der Waals surface area (Å²) >= 11 is 0. The van der Waals surface area contributed by atoms with Crippen LogP contribution in [0.4, 0.5) is 11.4 Å². The number of benzene rings is 3. The Labute approximate surface area is 413 Å². The molecular formula is C57H72N5O8+. The zero-order valence-corrected chi connectivity index (χ0v) is 41.8. The van der Waals surface area contributed by atoms with E-state index in [1.54, 1.807) is 17.9 Å². The van der Waals surface area contributed by atoms with Gasteiger partial charge in [-0.15, -0.1) is 0 Å². The first kappa shape index (κ1) is 51.4. The Kier molecular flexibility index (Phi) is 17.2. The van der Waals surface area contributed by atoms with Crippen LogP contribution in [-0.2, 0) is 34.7 Å². The Balaban J connectivity index is 0.909. The number of unbranched alkanes of at least 4 members (excludes halogenated alkanes) is 1. The number of para-hydroxylation sites is 2. The van der Waals surface area contributed by atoms with Gasteiger partial charge in [-0.25, -0.2) is 4.79 Å². The predicted molar refractivity (Wildman–Crippen MR) is 275 cm³/mol. The molecule has 0 aromatic heterocycles. The van der Waals surface area contributed by atoms with E-state index in [-0.39, 0.29) is 52.2 Å². The highest BCUT2D eigenvalue weighted by Gasteiger charge is 2.43. The van der Waals surface area contributed by atoms with Crippen LogP contribution in [0.2, 0.25) is 0 Å². The second-order valence-corrected chi connectivity index (χ2v) is 19.7. The number of rotatable bonds is 16. The highest BCUT2D eigenvalue weighted by atomic mass is 16.6. The van der Waals surface area contributed by atoms with Gasteiger partial charge in [0.2, 0.25) is 11.6 Å². The quantitative estimate of drug-likeness (QED) is 0.0359. The average molecular weight is 955 g/mol. The molecule has 70 heavy (non-hydrogen) atoms. The number of nitrogens with zero attached hydrogens (tertiary/aromatic N) is 3. The van der Waals surface area contributed by atoms with Crippen LogP contribution in [0, 0.1) is 0 Å². The maximum absolute atomic E-state index is 13.3. The molecule has 0 saturated carbocycles. The van der Waals surface area contributed by atoms with E-state index in [1.807, 2.05) is 18.2 Å². The fourth-order valence-corrected chi connectivity index (χ4v) is 10.0. The van der Waals surface area contributed by atoms with Crippen molar-refractivity contribution in [1.29, 1.82) is 0 Å². The van der Waals surface area contributed by atoms with Gasteiger partial charge in [-0.3, -0.25) is 19.9 Å². The highest BCUT2D eigenvalue weighted by molar-refractivity contribution is 6.03. The van der Waals surface area contributed by atoms with Gasteiger partial charge in [0.05, 0.1) is 17.2 Å². The minimum absolute atomic E-state index is 0.0152. The van der Waals surface area contributed by atoms with Crippen molar-refractivity contribution < 1.29 is 43.5 Å². The van der Waals surface area contributed by atoms with Crippen molar-refractivity contribution in [2.75, 3.05) is 51.3 Å². The van der Waals surface area contributed by atoms with E-state index in [4.69, 9.17) is 14.3 Å². The largest absolute Gasteiger partial charge is 0.508 e. The van der Waals surface area contributed by atoms with Gasteiger partial charge in [0.25, 0.3) is 5.91 Å². The molecule has 13 nitrogen and oxygen atoms in total. The zero-order chi connectivity index (χ0) is 49.8. The molecule has 13 heteroatoms. The third-order valence-corrected chi connectivity index (χ3v) is 13.8. The number of amides is 2. The van der Waals surface area contributed by atoms with E-state index < -0.39 is 17.8 Å². The SMILES string of the molecule is C[C@@H]1CC=C[C@@H](OCCCNC(=O)CCCCN2C(=CC=CC3=[N+](C)c4ccccc4C3(C)C)C(C)(C)c3ccccc32)CC=C/C(NOCC(=O)N2CCCCC2)=C/c2cc(O)cc(O)c2C(=O)O1. The first-order valence-electron chi connectivity index (χ1n) is 25.0. The van der Waals surface area contributed by atoms with Crippen LogP contribution in [-0.4, -0.2) is 102 Å². The third-order valence-electron chi connectivity index (χ3n) is 13.8. The molecule has 1 saturated heterocycles. The number of hydroxylamine groups is 1. The second kappa shape index (κ2) is 23.4. The number of fused-ring (bicyclic) bond motifs is 3. The summed E-state index contributed by atoms with van der Waals surface area (Å²) in [6.07, 6.45) is 21.4. The first-order chi connectivity index (χ1) is 33.6. The lowest BCUT2D eigenvalue weighted by atomic mass is 9.81. The first-order valence-corrected chi connectivity index (χ1v) is 25.0. The Hall–Kier alpha value is -6.44. The molecule has 3 aromatic rings. The number of cyclic esters (lactones) is 1. The lowest BCUT2D eigenvalue weighted by Crippen LogP contribution is -2.39. The topological polar surface area (TPSA) is 153 Å². The van der Waals surface area contributed by atoms with E-state index in [9.17, 15) is 24.6 Å². The van der Waals surface area contributed by atoms with Gasteiger partial charge < -0.3 is 34.8 Å². The van der Waals surface area contributed by atoms with Crippen molar-refractivity contribution >= 4 is 40.9 Å². The molecule has 372 valence electrons. The highest BCUT2D eigenvalue weighted by Crippen LogP contribution is 2.48. The Morgan fingerprint density at radius 3 is 2.47 bits per heavy atom. The normalized spacial score (nSPS) is 21.2. The summed E-state index contributed by atoms with van der Waals surface area (Å²) in [5, 5.41) is 24.1. The van der Waals surface area contributed by atoms with E-state index in [1.165, 1.54) is 46.1 Å². The average Bonchev–Trinajstić information content (AvgIpc) is 3.66. The second-order valence-electron chi connectivity index (χ2n) is 19.7. The summed E-state index contributed by atoms with van der Waals surface area (Å²) < 4.78 is 14.3. The number of nitrogens with one attached hydrogen (secondary N) is 2. The molecule has 0 spiro atoms. The third kappa shape index (κ3) is 12.5. The maximum Gasteiger partial charge on any atom is 0.342 e. The van der Waals surface area contributed by atoms with Crippen LogP contribution in [0.5, 0.6) is 11.5 Å². The van der Waals surface area contributed by atoms with Gasteiger partial charge >= 0.3 is 5.97 Å². The van der Waals surface area contributed by atoms with Crippen molar-refractivity contribution in [2.24, 2.45) is 0 Å². The number of ether oxygens (including phenoxy) is 2. The fraction of sp³-hybridized carbons (Fsp3) is 0.439. The molecule has 3 aromatic carbocycles. The molecule has 0 unspecified atom stereocenters. The minimum Gasteiger partial charge on any atom is -0.508 e. The summed E-state index contributed by atoms with van der Waals surface area (Å²) in [6, 6.07) is 19.7. The molecule has 0 aliphatic carbocycles. The van der Waals surface area contributed by atoms with Crippen LogP contribution in [0.1, 0.15) is 119 Å². The molecule has 2 atom stereocenters. The summed E-state index contributed by atoms with van der Waals surface area (Å²) in [4.78, 5) is 49.0. The Bertz CT molecular complexity index is 2560. The van der Waals surface area contributed by atoms with Gasteiger partial charge in [-0.2, -0.15) is 4.58 Å². The van der Waals surface area contributed by atoms with E-state index in [0.29, 0.717) is 57.6 Å². The summed E-state index contributed by atoms with van der Waals surface area (Å²) in [6.45, 7) is 13.8. The lowest BCUT2D eigenvalue weighted by molar-refractivity contribution is -0.401. The van der Waals surface area contributed by atoms with Gasteiger partial charge in [0.1, 0.15) is 30.2 Å². The molecule has 4 N–H and O–H groups in total.